The van der Waals surface area contributed by atoms with Crippen molar-refractivity contribution in [3.05, 3.63) is 35.9 Å². The molecule has 1 heterocycles. The number of benzene rings is 1. The summed E-state index contributed by atoms with van der Waals surface area (Å²) in [6, 6.07) is 7.91. The highest BCUT2D eigenvalue weighted by Gasteiger charge is 2.42. The Morgan fingerprint density at radius 3 is 2.84 bits per heavy atom. The molecule has 104 valence electrons. The summed E-state index contributed by atoms with van der Waals surface area (Å²) < 4.78 is 31.8. The largest absolute Gasteiger partial charge is 0.445 e. The summed E-state index contributed by atoms with van der Waals surface area (Å²) in [6.45, 7) is 0.110. The van der Waals surface area contributed by atoms with Gasteiger partial charge < -0.3 is 15.4 Å². The molecule has 1 aromatic rings. The zero-order valence-corrected chi connectivity index (χ0v) is 10.4. The summed E-state index contributed by atoms with van der Waals surface area (Å²) in [6.07, 6.45) is -0.622. The van der Waals surface area contributed by atoms with Gasteiger partial charge >= 0.3 is 6.09 Å². The van der Waals surface area contributed by atoms with Crippen LogP contribution in [0.2, 0.25) is 0 Å². The van der Waals surface area contributed by atoms with Gasteiger partial charge in [-0.15, -0.1) is 0 Å². The number of amides is 1. The summed E-state index contributed by atoms with van der Waals surface area (Å²) >= 11 is 0. The average Bonchev–Trinajstić information content (AvgIpc) is 2.40. The molecule has 1 unspecified atom stereocenters. The van der Waals surface area contributed by atoms with Crippen molar-refractivity contribution in [2.45, 2.75) is 25.0 Å². The minimum Gasteiger partial charge on any atom is -0.445 e. The lowest BCUT2D eigenvalue weighted by atomic mass is 10.0. The molecule has 2 rings (SSSR count). The third-order valence-electron chi connectivity index (χ3n) is 2.99. The number of nitrogens with one attached hydrogen (secondary N) is 2. The van der Waals surface area contributed by atoms with Gasteiger partial charge in [0.2, 0.25) is 0 Å². The molecule has 0 aliphatic carbocycles. The van der Waals surface area contributed by atoms with Gasteiger partial charge in [0.25, 0.3) is 5.92 Å². The third kappa shape index (κ3) is 3.89. The molecule has 0 radical (unpaired) electrons. The van der Waals surface area contributed by atoms with E-state index in [0.29, 0.717) is 6.54 Å². The first-order valence-corrected chi connectivity index (χ1v) is 6.14. The first-order valence-electron chi connectivity index (χ1n) is 6.14. The molecule has 4 nitrogen and oxygen atoms in total. The third-order valence-corrected chi connectivity index (χ3v) is 2.99. The van der Waals surface area contributed by atoms with Gasteiger partial charge in [0, 0.05) is 0 Å². The normalized spacial score (nSPS) is 21.7. The number of hydrogen-bond acceptors (Lipinski definition) is 3. The van der Waals surface area contributed by atoms with Crippen LogP contribution in [0.25, 0.3) is 0 Å². The van der Waals surface area contributed by atoms with Crippen molar-refractivity contribution >= 4 is 6.09 Å². The number of halogens is 2. The first-order chi connectivity index (χ1) is 9.08. The molecule has 1 amide bonds. The standard InChI is InChI=1S/C13H16F2N2O2/c14-13(15)9-16-7-6-11(13)17-12(18)19-8-10-4-2-1-3-5-10/h1-5,11,16H,6-9H2,(H,17,18). The number of carbonyl (C=O) groups is 1. The molecule has 1 saturated heterocycles. The van der Waals surface area contributed by atoms with Crippen LogP contribution in [0.4, 0.5) is 13.6 Å². The van der Waals surface area contributed by atoms with Crippen LogP contribution in [-0.4, -0.2) is 31.1 Å². The van der Waals surface area contributed by atoms with Gasteiger partial charge in [-0.3, -0.25) is 0 Å². The van der Waals surface area contributed by atoms with E-state index in [1.807, 2.05) is 18.2 Å². The zero-order chi connectivity index (χ0) is 13.7. The van der Waals surface area contributed by atoms with Crippen LogP contribution in [0.5, 0.6) is 0 Å². The lowest BCUT2D eigenvalue weighted by molar-refractivity contribution is -0.0505. The van der Waals surface area contributed by atoms with Crippen molar-refractivity contribution in [2.24, 2.45) is 0 Å². The van der Waals surface area contributed by atoms with Gasteiger partial charge in [-0.05, 0) is 18.5 Å². The van der Waals surface area contributed by atoms with Crippen molar-refractivity contribution in [1.82, 2.24) is 10.6 Å². The number of piperidine rings is 1. The number of hydrogen-bond donors (Lipinski definition) is 2. The van der Waals surface area contributed by atoms with Crippen LogP contribution in [0.15, 0.2) is 30.3 Å². The van der Waals surface area contributed by atoms with Crippen molar-refractivity contribution in [3.8, 4) is 0 Å². The lowest BCUT2D eigenvalue weighted by Gasteiger charge is -2.31. The molecule has 19 heavy (non-hydrogen) atoms. The quantitative estimate of drug-likeness (QED) is 0.882. The fraction of sp³-hybridized carbons (Fsp3) is 0.462. The van der Waals surface area contributed by atoms with Crippen LogP contribution in [-0.2, 0) is 11.3 Å². The second-order valence-electron chi connectivity index (χ2n) is 4.49. The van der Waals surface area contributed by atoms with Gasteiger partial charge in [0.15, 0.2) is 0 Å². The molecular weight excluding hydrogens is 254 g/mol. The Balaban J connectivity index is 1.81. The monoisotopic (exact) mass is 270 g/mol. The van der Waals surface area contributed by atoms with E-state index < -0.39 is 24.6 Å². The Morgan fingerprint density at radius 1 is 1.42 bits per heavy atom. The topological polar surface area (TPSA) is 50.4 Å². The first kappa shape index (κ1) is 13.7. The van der Waals surface area contributed by atoms with E-state index in [4.69, 9.17) is 4.74 Å². The Hall–Kier alpha value is -1.69. The van der Waals surface area contributed by atoms with Crippen molar-refractivity contribution < 1.29 is 18.3 Å². The van der Waals surface area contributed by atoms with Crippen LogP contribution in [0, 0.1) is 0 Å². The maximum Gasteiger partial charge on any atom is 0.407 e. The molecule has 0 aromatic heterocycles. The molecule has 1 aliphatic rings. The Kier molecular flexibility index (Phi) is 4.31. The molecule has 6 heteroatoms. The van der Waals surface area contributed by atoms with Crippen molar-refractivity contribution in [2.75, 3.05) is 13.1 Å². The minimum absolute atomic E-state index is 0.0726. The summed E-state index contributed by atoms with van der Waals surface area (Å²) in [7, 11) is 0. The van der Waals surface area contributed by atoms with Crippen LogP contribution >= 0.6 is 0 Å². The minimum atomic E-state index is -2.94. The predicted octanol–water partition coefficient (Wildman–Crippen LogP) is 1.91. The Morgan fingerprint density at radius 2 is 2.16 bits per heavy atom. The van der Waals surface area contributed by atoms with Gasteiger partial charge in [-0.1, -0.05) is 30.3 Å². The smallest absolute Gasteiger partial charge is 0.407 e. The molecule has 0 saturated carbocycles. The van der Waals surface area contributed by atoms with E-state index in [2.05, 4.69) is 10.6 Å². The molecule has 1 aromatic carbocycles. The lowest BCUT2D eigenvalue weighted by Crippen LogP contribution is -2.57. The van der Waals surface area contributed by atoms with Crippen molar-refractivity contribution in [3.63, 3.8) is 0 Å². The Labute approximate surface area is 110 Å². The van der Waals surface area contributed by atoms with Crippen LogP contribution < -0.4 is 10.6 Å². The van der Waals surface area contributed by atoms with Gasteiger partial charge in [-0.2, -0.15) is 0 Å². The second-order valence-corrected chi connectivity index (χ2v) is 4.49. The average molecular weight is 270 g/mol. The number of alkyl carbamates (subject to hydrolysis) is 1. The summed E-state index contributed by atoms with van der Waals surface area (Å²) in [5.74, 6) is -2.94. The van der Waals surface area contributed by atoms with Crippen LogP contribution in [0.1, 0.15) is 12.0 Å². The summed E-state index contributed by atoms with van der Waals surface area (Å²) in [5, 5.41) is 4.82. The second kappa shape index (κ2) is 5.97. The highest BCUT2D eigenvalue weighted by Crippen LogP contribution is 2.23. The SMILES string of the molecule is O=C(NC1CCNCC1(F)F)OCc1ccccc1. The van der Waals surface area contributed by atoms with E-state index >= 15 is 0 Å². The molecule has 1 atom stereocenters. The van der Waals surface area contributed by atoms with E-state index in [9.17, 15) is 13.6 Å². The summed E-state index contributed by atoms with van der Waals surface area (Å²) in [5.41, 5.74) is 0.815. The maximum absolute atomic E-state index is 13.5. The molecule has 2 N–H and O–H groups in total. The zero-order valence-electron chi connectivity index (χ0n) is 10.4. The summed E-state index contributed by atoms with van der Waals surface area (Å²) in [4.78, 5) is 11.5. The highest BCUT2D eigenvalue weighted by molar-refractivity contribution is 5.67. The molecular formula is C13H16F2N2O2. The van der Waals surface area contributed by atoms with E-state index in [1.165, 1.54) is 0 Å². The van der Waals surface area contributed by atoms with E-state index in [1.54, 1.807) is 12.1 Å². The maximum atomic E-state index is 13.5. The van der Waals surface area contributed by atoms with E-state index in [-0.39, 0.29) is 13.0 Å². The van der Waals surface area contributed by atoms with Crippen LogP contribution in [0.3, 0.4) is 0 Å². The van der Waals surface area contributed by atoms with Gasteiger partial charge in [-0.25, -0.2) is 13.6 Å². The number of ether oxygens (including phenoxy) is 1. The molecule has 1 aliphatic heterocycles. The fourth-order valence-electron chi connectivity index (χ4n) is 1.92. The molecule has 1 fully saturated rings. The van der Waals surface area contributed by atoms with Gasteiger partial charge in [0.05, 0.1) is 12.6 Å². The highest BCUT2D eigenvalue weighted by atomic mass is 19.3. The molecule has 0 bridgehead atoms. The molecule has 0 spiro atoms. The Bertz CT molecular complexity index is 426. The van der Waals surface area contributed by atoms with Gasteiger partial charge in [0.1, 0.15) is 6.61 Å². The number of alkyl halides is 2. The number of carbonyl (C=O) groups excluding carboxylic acids is 1. The predicted molar refractivity (Wildman–Crippen MR) is 66.0 cm³/mol. The number of rotatable bonds is 3. The van der Waals surface area contributed by atoms with E-state index in [0.717, 1.165) is 5.56 Å². The fourth-order valence-corrected chi connectivity index (χ4v) is 1.92. The van der Waals surface area contributed by atoms with Crippen molar-refractivity contribution in [1.29, 1.82) is 0 Å².